The van der Waals surface area contributed by atoms with Gasteiger partial charge in [-0.25, -0.2) is 0 Å². The first-order valence-electron chi connectivity index (χ1n) is 9.02. The van der Waals surface area contributed by atoms with Crippen LogP contribution in [0.2, 0.25) is 25.1 Å². The number of benzene rings is 3. The fourth-order valence-electron chi connectivity index (χ4n) is 2.64. The van der Waals surface area contributed by atoms with Crippen molar-refractivity contribution in [1.29, 1.82) is 5.26 Å². The van der Waals surface area contributed by atoms with Crippen LogP contribution in [-0.2, 0) is 11.4 Å². The van der Waals surface area contributed by atoms with Crippen LogP contribution in [0.3, 0.4) is 0 Å². The van der Waals surface area contributed by atoms with Crippen molar-refractivity contribution in [3.05, 3.63) is 96.4 Å². The van der Waals surface area contributed by atoms with Crippen molar-refractivity contribution >= 4 is 75.7 Å². The van der Waals surface area contributed by atoms with Crippen LogP contribution in [0, 0.1) is 11.3 Å². The molecule has 0 fully saturated rings. The highest BCUT2D eigenvalue weighted by Crippen LogP contribution is 2.36. The van der Waals surface area contributed by atoms with Gasteiger partial charge in [0.15, 0.2) is 5.75 Å². The lowest BCUT2D eigenvalue weighted by molar-refractivity contribution is -0.112. The molecular weight excluding hydrogens is 514 g/mol. The molecule has 1 N–H and O–H groups in total. The van der Waals surface area contributed by atoms with E-state index in [9.17, 15) is 10.1 Å². The number of nitriles is 1. The van der Waals surface area contributed by atoms with Crippen molar-refractivity contribution in [3.8, 4) is 11.8 Å². The maximum absolute atomic E-state index is 12.5. The standard InChI is InChI=1S/C23H13Cl5N2O2/c24-16-6-4-13(5-7-16)12-32-22-18(26)9-14(10-19(22)27)8-15(11-29)23(31)30-20-3-1-2-17(25)21(20)28/h1-10H,12H2,(H,30,31)/b15-8-. The Morgan fingerprint density at radius 3 is 2.25 bits per heavy atom. The Kier molecular flexibility index (Phi) is 8.31. The van der Waals surface area contributed by atoms with Crippen LogP contribution < -0.4 is 10.1 Å². The van der Waals surface area contributed by atoms with Gasteiger partial charge < -0.3 is 10.1 Å². The quantitative estimate of drug-likeness (QED) is 0.261. The first-order valence-corrected chi connectivity index (χ1v) is 10.9. The Morgan fingerprint density at radius 1 is 0.969 bits per heavy atom. The molecule has 0 heterocycles. The Morgan fingerprint density at radius 2 is 1.62 bits per heavy atom. The molecule has 0 radical (unpaired) electrons. The molecule has 32 heavy (non-hydrogen) atoms. The van der Waals surface area contributed by atoms with E-state index >= 15 is 0 Å². The van der Waals surface area contributed by atoms with Crippen LogP contribution in [0.5, 0.6) is 5.75 Å². The lowest BCUT2D eigenvalue weighted by Crippen LogP contribution is -2.13. The van der Waals surface area contributed by atoms with E-state index in [4.69, 9.17) is 62.7 Å². The van der Waals surface area contributed by atoms with Crippen molar-refractivity contribution in [1.82, 2.24) is 0 Å². The van der Waals surface area contributed by atoms with E-state index in [1.807, 2.05) is 18.2 Å². The smallest absolute Gasteiger partial charge is 0.266 e. The van der Waals surface area contributed by atoms with Crippen molar-refractivity contribution in [2.24, 2.45) is 0 Å². The van der Waals surface area contributed by atoms with Crippen LogP contribution in [0.4, 0.5) is 5.69 Å². The molecule has 3 aromatic carbocycles. The molecule has 162 valence electrons. The minimum Gasteiger partial charge on any atom is -0.486 e. The molecule has 0 aromatic heterocycles. The zero-order chi connectivity index (χ0) is 23.3. The Bertz CT molecular complexity index is 1210. The molecule has 0 spiro atoms. The molecule has 4 nitrogen and oxygen atoms in total. The summed E-state index contributed by atoms with van der Waals surface area (Å²) >= 11 is 30.6. The van der Waals surface area contributed by atoms with Gasteiger partial charge in [0, 0.05) is 5.02 Å². The molecule has 3 rings (SSSR count). The Hall–Kier alpha value is -2.39. The average Bonchev–Trinajstić information content (AvgIpc) is 2.76. The first kappa shape index (κ1) is 24.3. The largest absolute Gasteiger partial charge is 0.486 e. The summed E-state index contributed by atoms with van der Waals surface area (Å²) in [5.74, 6) is -0.374. The predicted molar refractivity (Wildman–Crippen MR) is 131 cm³/mol. The third kappa shape index (κ3) is 6.10. The number of nitrogens with one attached hydrogen (secondary N) is 1. The highest BCUT2D eigenvalue weighted by molar-refractivity contribution is 6.44. The lowest BCUT2D eigenvalue weighted by atomic mass is 10.1. The number of amides is 1. The molecule has 3 aromatic rings. The predicted octanol–water partition coefficient (Wildman–Crippen LogP) is 8.08. The van der Waals surface area contributed by atoms with E-state index in [1.165, 1.54) is 6.08 Å². The fraction of sp³-hybridized carbons (Fsp3) is 0.0435. The molecule has 1 amide bonds. The summed E-state index contributed by atoms with van der Waals surface area (Å²) in [6.45, 7) is 0.234. The molecule has 0 aliphatic carbocycles. The summed E-state index contributed by atoms with van der Waals surface area (Å²) in [6.07, 6.45) is 1.36. The second-order valence-electron chi connectivity index (χ2n) is 6.45. The van der Waals surface area contributed by atoms with Crippen molar-refractivity contribution < 1.29 is 9.53 Å². The summed E-state index contributed by atoms with van der Waals surface area (Å²) in [5.41, 5.74) is 1.44. The number of nitrogens with zero attached hydrogens (tertiary/aromatic N) is 1. The number of rotatable bonds is 6. The fourth-order valence-corrected chi connectivity index (χ4v) is 3.73. The van der Waals surface area contributed by atoms with Crippen LogP contribution in [0.25, 0.3) is 6.08 Å². The second kappa shape index (κ2) is 11.0. The third-order valence-electron chi connectivity index (χ3n) is 4.19. The lowest BCUT2D eigenvalue weighted by Gasteiger charge is -2.11. The summed E-state index contributed by atoms with van der Waals surface area (Å²) in [4.78, 5) is 12.5. The van der Waals surface area contributed by atoms with E-state index in [0.717, 1.165) is 5.56 Å². The van der Waals surface area contributed by atoms with Gasteiger partial charge in [-0.2, -0.15) is 5.26 Å². The van der Waals surface area contributed by atoms with Crippen molar-refractivity contribution in [2.45, 2.75) is 6.61 Å². The van der Waals surface area contributed by atoms with Gasteiger partial charge in [0.05, 0.1) is 25.8 Å². The summed E-state index contributed by atoms with van der Waals surface area (Å²) in [7, 11) is 0. The number of carbonyl (C=O) groups is 1. The molecule has 0 aliphatic heterocycles. The minimum absolute atomic E-state index is 0.174. The first-order chi connectivity index (χ1) is 15.3. The van der Waals surface area contributed by atoms with E-state index in [1.54, 1.807) is 42.5 Å². The van der Waals surface area contributed by atoms with E-state index in [2.05, 4.69) is 5.32 Å². The van der Waals surface area contributed by atoms with Crippen LogP contribution in [0.1, 0.15) is 11.1 Å². The Labute approximate surface area is 209 Å². The number of hydrogen-bond acceptors (Lipinski definition) is 3. The number of halogens is 5. The maximum atomic E-state index is 12.5. The zero-order valence-corrected chi connectivity index (χ0v) is 19.9. The highest BCUT2D eigenvalue weighted by Gasteiger charge is 2.15. The van der Waals surface area contributed by atoms with Crippen LogP contribution in [0.15, 0.2) is 60.2 Å². The number of ether oxygens (including phenoxy) is 1. The van der Waals surface area contributed by atoms with Crippen molar-refractivity contribution in [2.75, 3.05) is 5.32 Å². The number of carbonyl (C=O) groups excluding carboxylic acids is 1. The maximum Gasteiger partial charge on any atom is 0.266 e. The van der Waals surface area contributed by atoms with Gasteiger partial charge in [-0.3, -0.25) is 4.79 Å². The monoisotopic (exact) mass is 524 g/mol. The second-order valence-corrected chi connectivity index (χ2v) is 8.49. The molecule has 0 unspecified atom stereocenters. The number of hydrogen-bond donors (Lipinski definition) is 1. The van der Waals surface area contributed by atoms with Gasteiger partial charge >= 0.3 is 0 Å². The molecule has 0 atom stereocenters. The van der Waals surface area contributed by atoms with E-state index in [-0.39, 0.29) is 43.7 Å². The van der Waals surface area contributed by atoms with Gasteiger partial charge in [-0.15, -0.1) is 0 Å². The molecule has 0 saturated carbocycles. The average molecular weight is 527 g/mol. The van der Waals surface area contributed by atoms with Crippen LogP contribution in [-0.4, -0.2) is 5.91 Å². The van der Waals surface area contributed by atoms with Gasteiger partial charge in [0.25, 0.3) is 5.91 Å². The summed E-state index contributed by atoms with van der Waals surface area (Å²) in [6, 6.07) is 16.9. The normalized spacial score (nSPS) is 11.1. The van der Waals surface area contributed by atoms with Crippen LogP contribution >= 0.6 is 58.0 Å². The minimum atomic E-state index is -0.660. The molecule has 9 heteroatoms. The van der Waals surface area contributed by atoms with Gasteiger partial charge in [-0.1, -0.05) is 76.2 Å². The topological polar surface area (TPSA) is 62.1 Å². The highest BCUT2D eigenvalue weighted by atomic mass is 35.5. The molecule has 0 aliphatic rings. The van der Waals surface area contributed by atoms with Gasteiger partial charge in [0.2, 0.25) is 0 Å². The molecule has 0 saturated heterocycles. The van der Waals surface area contributed by atoms with Crippen molar-refractivity contribution in [3.63, 3.8) is 0 Å². The third-order valence-corrected chi connectivity index (χ3v) is 5.83. The van der Waals surface area contributed by atoms with Gasteiger partial charge in [0.1, 0.15) is 18.2 Å². The van der Waals surface area contributed by atoms with Gasteiger partial charge in [-0.05, 0) is 53.6 Å². The molecule has 0 bridgehead atoms. The molecular formula is C23H13Cl5N2O2. The van der Waals surface area contributed by atoms with E-state index in [0.29, 0.717) is 10.6 Å². The van der Waals surface area contributed by atoms with E-state index < -0.39 is 5.91 Å². The summed E-state index contributed by atoms with van der Waals surface area (Å²) < 4.78 is 5.73. The summed E-state index contributed by atoms with van der Waals surface area (Å²) in [5, 5.41) is 13.5. The zero-order valence-electron chi connectivity index (χ0n) is 16.1. The Balaban J connectivity index is 1.78. The SMILES string of the molecule is N#C/C(=C/c1cc(Cl)c(OCc2ccc(Cl)cc2)c(Cl)c1)C(=O)Nc1cccc(Cl)c1Cl. The number of anilines is 1.